The van der Waals surface area contributed by atoms with Crippen LogP contribution in [0.3, 0.4) is 0 Å². The molecule has 0 saturated heterocycles. The Morgan fingerprint density at radius 3 is 2.35 bits per heavy atom. The summed E-state index contributed by atoms with van der Waals surface area (Å²) in [5.74, 6) is -0.220. The predicted molar refractivity (Wildman–Crippen MR) is 69.2 cm³/mol. The van der Waals surface area contributed by atoms with Gasteiger partial charge in [0.05, 0.1) is 0 Å². The summed E-state index contributed by atoms with van der Waals surface area (Å²) in [4.78, 5) is 3.99. The summed E-state index contributed by atoms with van der Waals surface area (Å²) in [6.45, 7) is 0. The van der Waals surface area contributed by atoms with Crippen molar-refractivity contribution in [2.24, 2.45) is 0 Å². The van der Waals surface area contributed by atoms with Crippen LogP contribution in [0.25, 0.3) is 0 Å². The van der Waals surface area contributed by atoms with Crippen molar-refractivity contribution in [3.8, 4) is 5.75 Å². The molecule has 0 radical (unpaired) electrons. The molecule has 2 rings (SSSR count). The fourth-order valence-corrected chi connectivity index (χ4v) is 1.78. The number of ether oxygens (including phenoxy) is 1. The van der Waals surface area contributed by atoms with E-state index in [1.54, 1.807) is 30.6 Å². The van der Waals surface area contributed by atoms with Gasteiger partial charge in [-0.3, -0.25) is 4.98 Å². The lowest BCUT2D eigenvalue weighted by molar-refractivity contribution is -0.274. The van der Waals surface area contributed by atoms with Crippen LogP contribution < -0.4 is 10.5 Å². The van der Waals surface area contributed by atoms with Crippen molar-refractivity contribution >= 4 is 5.69 Å². The number of halogens is 3. The molecule has 0 bridgehead atoms. The number of rotatable bonds is 4. The number of benzene rings is 1. The van der Waals surface area contributed by atoms with E-state index >= 15 is 0 Å². The molecular weight excluding hydrogens is 269 g/mol. The third-order valence-corrected chi connectivity index (χ3v) is 2.78. The molecule has 0 fully saturated rings. The van der Waals surface area contributed by atoms with Crippen LogP contribution in [0.5, 0.6) is 5.75 Å². The van der Waals surface area contributed by atoms with Crippen molar-refractivity contribution in [2.45, 2.75) is 19.2 Å². The summed E-state index contributed by atoms with van der Waals surface area (Å²) >= 11 is 0. The van der Waals surface area contributed by atoms with E-state index in [9.17, 15) is 13.2 Å². The fraction of sp³-hybridized carbons (Fsp3) is 0.214. The summed E-state index contributed by atoms with van der Waals surface area (Å²) < 4.78 is 39.8. The second kappa shape index (κ2) is 5.81. The lowest BCUT2D eigenvalue weighted by Gasteiger charge is -2.09. The second-order valence-corrected chi connectivity index (χ2v) is 4.27. The Hall–Kier alpha value is -2.24. The van der Waals surface area contributed by atoms with Crippen LogP contribution in [0.4, 0.5) is 18.9 Å². The number of nitrogens with zero attached hydrogens (tertiary/aromatic N) is 1. The average Bonchev–Trinajstić information content (AvgIpc) is 2.38. The molecule has 1 aromatic heterocycles. The largest absolute Gasteiger partial charge is 0.573 e. The first-order valence-electron chi connectivity index (χ1n) is 5.97. The number of hydrogen-bond donors (Lipinski definition) is 1. The van der Waals surface area contributed by atoms with E-state index in [0.717, 1.165) is 11.1 Å². The molecule has 106 valence electrons. The van der Waals surface area contributed by atoms with Gasteiger partial charge < -0.3 is 10.5 Å². The maximum atomic E-state index is 12.0. The molecule has 0 spiro atoms. The van der Waals surface area contributed by atoms with Gasteiger partial charge in [0.1, 0.15) is 5.75 Å². The van der Waals surface area contributed by atoms with Gasteiger partial charge in [-0.1, -0.05) is 12.1 Å². The molecule has 0 saturated carbocycles. The molecule has 0 aliphatic rings. The average molecular weight is 282 g/mol. The van der Waals surface area contributed by atoms with Crippen molar-refractivity contribution in [1.29, 1.82) is 0 Å². The smallest absolute Gasteiger partial charge is 0.406 e. The Balaban J connectivity index is 1.96. The molecule has 0 aliphatic carbocycles. The minimum absolute atomic E-state index is 0.220. The standard InChI is InChI=1S/C14H13F3N2O/c15-14(16,17)20-12-5-2-10(3-6-12)1-4-11-9-19-8-7-13(11)18/h2-3,5-9H,1,4H2,(H2,18,19). The van der Waals surface area contributed by atoms with E-state index in [4.69, 9.17) is 5.73 Å². The molecule has 0 amide bonds. The number of anilines is 1. The summed E-state index contributed by atoms with van der Waals surface area (Å²) in [6.07, 6.45) is -0.00835. The Bertz CT molecular complexity index is 567. The maximum Gasteiger partial charge on any atom is 0.573 e. The highest BCUT2D eigenvalue weighted by atomic mass is 19.4. The summed E-state index contributed by atoms with van der Waals surface area (Å²) in [5, 5.41) is 0. The highest BCUT2D eigenvalue weighted by Crippen LogP contribution is 2.23. The van der Waals surface area contributed by atoms with Gasteiger partial charge in [0.15, 0.2) is 0 Å². The van der Waals surface area contributed by atoms with Gasteiger partial charge in [-0.15, -0.1) is 13.2 Å². The van der Waals surface area contributed by atoms with E-state index in [-0.39, 0.29) is 5.75 Å². The Morgan fingerprint density at radius 1 is 1.05 bits per heavy atom. The number of nitrogens with two attached hydrogens (primary N) is 1. The molecule has 1 heterocycles. The number of aryl methyl sites for hydroxylation is 2. The monoisotopic (exact) mass is 282 g/mol. The fourth-order valence-electron chi connectivity index (χ4n) is 1.78. The van der Waals surface area contributed by atoms with Crippen molar-refractivity contribution in [3.05, 3.63) is 53.9 Å². The van der Waals surface area contributed by atoms with E-state index in [0.29, 0.717) is 18.5 Å². The third-order valence-electron chi connectivity index (χ3n) is 2.78. The van der Waals surface area contributed by atoms with E-state index in [2.05, 4.69) is 9.72 Å². The molecule has 1 aromatic carbocycles. The number of aromatic nitrogens is 1. The number of alkyl halides is 3. The molecule has 20 heavy (non-hydrogen) atoms. The van der Waals surface area contributed by atoms with Crippen LogP contribution in [0.1, 0.15) is 11.1 Å². The van der Waals surface area contributed by atoms with E-state index < -0.39 is 6.36 Å². The second-order valence-electron chi connectivity index (χ2n) is 4.27. The summed E-state index contributed by atoms with van der Waals surface area (Å²) in [6, 6.07) is 7.53. The van der Waals surface area contributed by atoms with Crippen molar-refractivity contribution < 1.29 is 17.9 Å². The van der Waals surface area contributed by atoms with E-state index in [1.807, 2.05) is 0 Å². The minimum Gasteiger partial charge on any atom is -0.406 e. The molecule has 2 aromatic rings. The van der Waals surface area contributed by atoms with Gasteiger partial charge in [0.25, 0.3) is 0 Å². The molecule has 0 aliphatic heterocycles. The van der Waals surface area contributed by atoms with Gasteiger partial charge in [0, 0.05) is 18.1 Å². The molecule has 0 unspecified atom stereocenters. The van der Waals surface area contributed by atoms with Crippen LogP contribution in [0.15, 0.2) is 42.7 Å². The summed E-state index contributed by atoms with van der Waals surface area (Å²) in [7, 11) is 0. The van der Waals surface area contributed by atoms with Gasteiger partial charge in [-0.25, -0.2) is 0 Å². The summed E-state index contributed by atoms with van der Waals surface area (Å²) in [5.41, 5.74) is 8.28. The van der Waals surface area contributed by atoms with Crippen LogP contribution in [0, 0.1) is 0 Å². The van der Waals surface area contributed by atoms with E-state index in [1.165, 1.54) is 12.1 Å². The Morgan fingerprint density at radius 2 is 1.75 bits per heavy atom. The van der Waals surface area contributed by atoms with Gasteiger partial charge in [0.2, 0.25) is 0 Å². The third kappa shape index (κ3) is 4.15. The van der Waals surface area contributed by atoms with Gasteiger partial charge >= 0.3 is 6.36 Å². The first-order chi connectivity index (χ1) is 9.44. The minimum atomic E-state index is -4.66. The van der Waals surface area contributed by atoms with Crippen molar-refractivity contribution in [1.82, 2.24) is 4.98 Å². The van der Waals surface area contributed by atoms with Crippen LogP contribution in [0.2, 0.25) is 0 Å². The lowest BCUT2D eigenvalue weighted by Crippen LogP contribution is -2.17. The first kappa shape index (κ1) is 14.2. The van der Waals surface area contributed by atoms with Crippen LogP contribution in [-0.2, 0) is 12.8 Å². The first-order valence-corrected chi connectivity index (χ1v) is 5.97. The van der Waals surface area contributed by atoms with Gasteiger partial charge in [-0.2, -0.15) is 0 Å². The zero-order valence-electron chi connectivity index (χ0n) is 10.5. The molecule has 6 heteroatoms. The van der Waals surface area contributed by atoms with Crippen molar-refractivity contribution in [2.75, 3.05) is 5.73 Å². The van der Waals surface area contributed by atoms with Crippen LogP contribution >= 0.6 is 0 Å². The zero-order valence-corrected chi connectivity index (χ0v) is 10.5. The number of pyridine rings is 1. The highest BCUT2D eigenvalue weighted by molar-refractivity contribution is 5.44. The quantitative estimate of drug-likeness (QED) is 0.935. The molecule has 2 N–H and O–H groups in total. The van der Waals surface area contributed by atoms with Crippen molar-refractivity contribution in [3.63, 3.8) is 0 Å². The zero-order chi connectivity index (χ0) is 14.6. The maximum absolute atomic E-state index is 12.0. The molecule has 3 nitrogen and oxygen atoms in total. The normalized spacial score (nSPS) is 11.3. The Kier molecular flexibility index (Phi) is 4.12. The molecule has 0 atom stereocenters. The lowest BCUT2D eigenvalue weighted by atomic mass is 10.0. The number of hydrogen-bond acceptors (Lipinski definition) is 3. The number of nitrogen functional groups attached to an aromatic ring is 1. The van der Waals surface area contributed by atoms with Crippen LogP contribution in [-0.4, -0.2) is 11.3 Å². The SMILES string of the molecule is Nc1ccncc1CCc1ccc(OC(F)(F)F)cc1. The molecular formula is C14H13F3N2O. The van der Waals surface area contributed by atoms with Gasteiger partial charge in [-0.05, 0) is 42.2 Å². The predicted octanol–water partition coefficient (Wildman–Crippen LogP) is 3.35. The highest BCUT2D eigenvalue weighted by Gasteiger charge is 2.30. The topological polar surface area (TPSA) is 48.1 Å². The Labute approximate surface area is 114 Å².